The maximum absolute atomic E-state index is 13.0. The van der Waals surface area contributed by atoms with Crippen molar-refractivity contribution in [2.24, 2.45) is 0 Å². The van der Waals surface area contributed by atoms with Gasteiger partial charge in [0.25, 0.3) is 17.7 Å². The van der Waals surface area contributed by atoms with E-state index in [1.807, 2.05) is 0 Å². The van der Waals surface area contributed by atoms with E-state index in [0.717, 1.165) is 23.1 Å². The Morgan fingerprint density at radius 1 is 0.811 bits per heavy atom. The van der Waals surface area contributed by atoms with Crippen LogP contribution in [0, 0.1) is 0 Å². The molecule has 0 radical (unpaired) electrons. The number of hydrogen-bond donors (Lipinski definition) is 2. The third-order valence-electron chi connectivity index (χ3n) is 5.13. The molecule has 13 heteroatoms. The van der Waals surface area contributed by atoms with Gasteiger partial charge in [0.2, 0.25) is 0 Å². The van der Waals surface area contributed by atoms with Gasteiger partial charge in [0.15, 0.2) is 0 Å². The first kappa shape index (κ1) is 26.8. The summed E-state index contributed by atoms with van der Waals surface area (Å²) in [6.45, 7) is 0. The number of hydrogen-bond acceptors (Lipinski definition) is 4. The van der Waals surface area contributed by atoms with Crippen molar-refractivity contribution < 1.29 is 27.6 Å². The molecule has 1 aliphatic heterocycles. The minimum absolute atomic E-state index is 0.0550. The lowest BCUT2D eigenvalue weighted by atomic mass is 10.1. The summed E-state index contributed by atoms with van der Waals surface area (Å²) in [4.78, 5) is 38.9. The van der Waals surface area contributed by atoms with Crippen molar-refractivity contribution in [3.05, 3.63) is 97.6 Å². The molecule has 0 spiro atoms. The van der Waals surface area contributed by atoms with E-state index in [1.54, 1.807) is 0 Å². The zero-order valence-electron chi connectivity index (χ0n) is 18.1. The van der Waals surface area contributed by atoms with Crippen LogP contribution in [0.2, 0.25) is 15.1 Å². The molecule has 0 saturated heterocycles. The molecule has 4 rings (SSSR count). The van der Waals surface area contributed by atoms with Gasteiger partial charge in [0.05, 0.1) is 27.0 Å². The van der Waals surface area contributed by atoms with Crippen LogP contribution in [-0.4, -0.2) is 17.7 Å². The molecule has 3 aromatic rings. The maximum atomic E-state index is 13.0. The summed E-state index contributed by atoms with van der Waals surface area (Å²) in [6.07, 6.45) is -4.61. The zero-order chi connectivity index (χ0) is 27.1. The molecule has 37 heavy (non-hydrogen) atoms. The minimum atomic E-state index is -4.61. The van der Waals surface area contributed by atoms with Gasteiger partial charge in [-0.25, -0.2) is 4.90 Å². The first-order valence-corrected chi connectivity index (χ1v) is 11.7. The predicted octanol–water partition coefficient (Wildman–Crippen LogP) is 7.35. The Labute approximate surface area is 227 Å². The molecule has 3 aromatic carbocycles. The normalized spacial score (nSPS) is 13.9. The minimum Gasteiger partial charge on any atom is -0.350 e. The number of nitrogens with zero attached hydrogens (tertiary/aromatic N) is 1. The fourth-order valence-corrected chi connectivity index (χ4v) is 4.07. The van der Waals surface area contributed by atoms with Gasteiger partial charge < -0.3 is 10.6 Å². The number of halogens is 7. The van der Waals surface area contributed by atoms with Gasteiger partial charge >= 0.3 is 6.18 Å². The summed E-state index contributed by atoms with van der Waals surface area (Å²) in [7, 11) is 0. The van der Waals surface area contributed by atoms with Gasteiger partial charge in [-0.05, 0) is 60.7 Å². The highest BCUT2D eigenvalue weighted by molar-refractivity contribution is 6.54. The third kappa shape index (κ3) is 5.55. The molecular weight excluding hydrogens is 577 g/mol. The van der Waals surface area contributed by atoms with Crippen molar-refractivity contribution in [1.29, 1.82) is 0 Å². The molecule has 0 atom stereocenters. The van der Waals surface area contributed by atoms with E-state index in [0.29, 0.717) is 5.69 Å². The lowest BCUT2D eigenvalue weighted by molar-refractivity contribution is -0.137. The smallest absolute Gasteiger partial charge is 0.350 e. The summed E-state index contributed by atoms with van der Waals surface area (Å²) < 4.78 is 38.9. The fraction of sp³-hybridized carbons (Fsp3) is 0.0417. The molecule has 0 fully saturated rings. The molecule has 0 unspecified atom stereocenters. The van der Waals surface area contributed by atoms with E-state index in [9.17, 15) is 27.6 Å². The Balaban J connectivity index is 1.50. The summed E-state index contributed by atoms with van der Waals surface area (Å²) in [5, 5.41) is 4.96. The predicted molar refractivity (Wildman–Crippen MR) is 136 cm³/mol. The summed E-state index contributed by atoms with van der Waals surface area (Å²) in [6, 6.07) is 12.3. The maximum Gasteiger partial charge on any atom is 0.416 e. The number of imide groups is 1. The van der Waals surface area contributed by atoms with Crippen molar-refractivity contribution >= 4 is 81.2 Å². The highest BCUT2D eigenvalue weighted by atomic mass is 35.5. The standard InChI is InChI=1S/C24H12Cl4F3N3O3/c25-13-4-8-16(27)18(10-13)34-22(36)19(28)20(23(34)37)32-14-5-1-11(2-6-14)21(35)33-17-9-12(24(29,30)31)3-7-15(17)26/h1-10,32H,(H,33,35). The van der Waals surface area contributed by atoms with Gasteiger partial charge in [-0.3, -0.25) is 14.4 Å². The van der Waals surface area contributed by atoms with Crippen LogP contribution in [0.5, 0.6) is 0 Å². The molecule has 0 bridgehead atoms. The van der Waals surface area contributed by atoms with Gasteiger partial charge in [-0.15, -0.1) is 0 Å². The molecule has 0 saturated carbocycles. The van der Waals surface area contributed by atoms with Gasteiger partial charge in [-0.1, -0.05) is 46.4 Å². The highest BCUT2D eigenvalue weighted by Gasteiger charge is 2.40. The van der Waals surface area contributed by atoms with E-state index in [4.69, 9.17) is 46.4 Å². The molecule has 3 amide bonds. The fourth-order valence-electron chi connectivity index (χ4n) is 3.33. The van der Waals surface area contributed by atoms with Crippen molar-refractivity contribution in [2.75, 3.05) is 15.5 Å². The highest BCUT2D eigenvalue weighted by Crippen LogP contribution is 2.36. The molecule has 6 nitrogen and oxygen atoms in total. The first-order chi connectivity index (χ1) is 17.4. The summed E-state index contributed by atoms with van der Waals surface area (Å²) in [5.74, 6) is -2.31. The average Bonchev–Trinajstić information content (AvgIpc) is 3.04. The SMILES string of the molecule is O=C(Nc1cc(C(F)(F)F)ccc1Cl)c1ccc(NC2=C(Cl)C(=O)N(c3cc(Cl)ccc3Cl)C2=O)cc1. The number of anilines is 3. The monoisotopic (exact) mass is 587 g/mol. The van der Waals surface area contributed by atoms with Crippen LogP contribution in [0.4, 0.5) is 30.2 Å². The van der Waals surface area contributed by atoms with Crippen LogP contribution in [0.15, 0.2) is 71.4 Å². The number of nitrogens with one attached hydrogen (secondary N) is 2. The number of amides is 3. The average molecular weight is 589 g/mol. The van der Waals surface area contributed by atoms with Crippen molar-refractivity contribution in [2.45, 2.75) is 6.18 Å². The van der Waals surface area contributed by atoms with Crippen molar-refractivity contribution in [1.82, 2.24) is 0 Å². The van der Waals surface area contributed by atoms with E-state index >= 15 is 0 Å². The topological polar surface area (TPSA) is 78.5 Å². The number of rotatable bonds is 5. The first-order valence-electron chi connectivity index (χ1n) is 10.2. The Kier molecular flexibility index (Phi) is 7.43. The molecule has 1 aliphatic rings. The number of benzene rings is 3. The lowest BCUT2D eigenvalue weighted by Gasteiger charge is -2.17. The number of carbonyl (C=O) groups is 3. The van der Waals surface area contributed by atoms with Crippen LogP contribution >= 0.6 is 46.4 Å². The quantitative estimate of drug-likeness (QED) is 0.305. The molecule has 2 N–H and O–H groups in total. The molecule has 0 aliphatic carbocycles. The Morgan fingerprint density at radius 3 is 2.11 bits per heavy atom. The Morgan fingerprint density at radius 2 is 1.46 bits per heavy atom. The second-order valence-corrected chi connectivity index (χ2v) is 9.21. The molecule has 0 aromatic heterocycles. The van der Waals surface area contributed by atoms with Crippen LogP contribution in [0.1, 0.15) is 15.9 Å². The van der Waals surface area contributed by atoms with Crippen LogP contribution in [0.25, 0.3) is 0 Å². The lowest BCUT2D eigenvalue weighted by Crippen LogP contribution is -2.32. The summed E-state index contributed by atoms with van der Waals surface area (Å²) in [5.41, 5.74) is -0.978. The number of carbonyl (C=O) groups excluding carboxylic acids is 3. The largest absolute Gasteiger partial charge is 0.416 e. The van der Waals surface area contributed by atoms with Gasteiger partial charge in [-0.2, -0.15) is 13.2 Å². The molecular formula is C24H12Cl4F3N3O3. The third-order valence-corrected chi connectivity index (χ3v) is 6.37. The molecule has 1 heterocycles. The van der Waals surface area contributed by atoms with Gasteiger partial charge in [0.1, 0.15) is 10.7 Å². The van der Waals surface area contributed by atoms with Crippen LogP contribution in [0.3, 0.4) is 0 Å². The van der Waals surface area contributed by atoms with E-state index < -0.39 is 29.5 Å². The number of alkyl halides is 3. The van der Waals surface area contributed by atoms with Crippen LogP contribution < -0.4 is 15.5 Å². The van der Waals surface area contributed by atoms with Crippen molar-refractivity contribution in [3.8, 4) is 0 Å². The van der Waals surface area contributed by atoms with Crippen molar-refractivity contribution in [3.63, 3.8) is 0 Å². The second kappa shape index (κ2) is 10.3. The van der Waals surface area contributed by atoms with Gasteiger partial charge in [0, 0.05) is 16.3 Å². The Hall–Kier alpha value is -3.24. The Bertz CT molecular complexity index is 1470. The second-order valence-electron chi connectivity index (χ2n) is 7.58. The van der Waals surface area contributed by atoms with E-state index in [1.165, 1.54) is 42.5 Å². The van der Waals surface area contributed by atoms with E-state index in [2.05, 4.69) is 10.6 Å². The summed E-state index contributed by atoms with van der Waals surface area (Å²) >= 11 is 24.1. The zero-order valence-corrected chi connectivity index (χ0v) is 21.1. The molecule has 190 valence electrons. The van der Waals surface area contributed by atoms with Crippen LogP contribution in [-0.2, 0) is 15.8 Å². The van der Waals surface area contributed by atoms with E-state index in [-0.39, 0.29) is 42.7 Å².